The van der Waals surface area contributed by atoms with Crippen molar-refractivity contribution >= 4 is 18.4 Å². The Hall–Kier alpha value is -1.57. The number of para-hydroxylation sites is 1. The number of nitrogens with two attached hydrogens (primary N) is 1. The van der Waals surface area contributed by atoms with Gasteiger partial charge in [-0.2, -0.15) is 0 Å². The van der Waals surface area contributed by atoms with E-state index in [2.05, 4.69) is 0 Å². The van der Waals surface area contributed by atoms with Gasteiger partial charge in [-0.25, -0.2) is 0 Å². The Labute approximate surface area is 100 Å². The van der Waals surface area contributed by atoms with Gasteiger partial charge in [0.25, 0.3) is 0 Å². The molecule has 0 aliphatic carbocycles. The fourth-order valence-corrected chi connectivity index (χ4v) is 3.23. The van der Waals surface area contributed by atoms with E-state index < -0.39 is 7.37 Å². The van der Waals surface area contributed by atoms with Crippen molar-refractivity contribution in [1.29, 1.82) is 0 Å². The first kappa shape index (κ1) is 11.9. The lowest BCUT2D eigenvalue weighted by molar-refractivity contribution is 0.489. The van der Waals surface area contributed by atoms with Crippen LogP contribution in [0.25, 0.3) is 0 Å². The number of hydrogen-bond acceptors (Lipinski definition) is 2. The van der Waals surface area contributed by atoms with Crippen molar-refractivity contribution in [3.8, 4) is 0 Å². The molecule has 0 amide bonds. The minimum atomic E-state index is -3.37. The molecule has 0 saturated carbocycles. The van der Waals surface area contributed by atoms with E-state index in [0.717, 1.165) is 0 Å². The third-order valence-electron chi connectivity index (χ3n) is 2.60. The van der Waals surface area contributed by atoms with Gasteiger partial charge in [0.15, 0.2) is 0 Å². The Morgan fingerprint density at radius 2 is 1.59 bits per heavy atom. The highest BCUT2D eigenvalue weighted by Crippen LogP contribution is 2.44. The standard InChI is InChI=1S/C13H14NO2P/c14-13-9-5-4-6-11(13)10-17(15,16)12-7-2-1-3-8-12/h1-9H,10,14H2,(H,15,16). The number of hydrogen-bond donors (Lipinski definition) is 2. The maximum Gasteiger partial charge on any atom is 0.233 e. The SMILES string of the molecule is Nc1ccccc1CP(=O)(O)c1ccccc1. The minimum absolute atomic E-state index is 0.0731. The lowest BCUT2D eigenvalue weighted by Gasteiger charge is -2.13. The quantitative estimate of drug-likeness (QED) is 0.646. The Morgan fingerprint density at radius 3 is 2.24 bits per heavy atom. The van der Waals surface area contributed by atoms with Crippen LogP contribution in [0.1, 0.15) is 5.56 Å². The molecule has 0 radical (unpaired) electrons. The van der Waals surface area contributed by atoms with Crippen molar-refractivity contribution in [2.24, 2.45) is 0 Å². The molecule has 3 N–H and O–H groups in total. The fraction of sp³-hybridized carbons (Fsp3) is 0.0769. The maximum absolute atomic E-state index is 12.2. The number of anilines is 1. The summed E-state index contributed by atoms with van der Waals surface area (Å²) in [6.45, 7) is 0. The van der Waals surface area contributed by atoms with Gasteiger partial charge in [-0.3, -0.25) is 4.57 Å². The third-order valence-corrected chi connectivity index (χ3v) is 4.47. The number of nitrogen functional groups attached to an aromatic ring is 1. The van der Waals surface area contributed by atoms with E-state index in [-0.39, 0.29) is 6.16 Å². The Bertz CT molecular complexity index is 554. The van der Waals surface area contributed by atoms with Gasteiger partial charge in [0.1, 0.15) is 0 Å². The summed E-state index contributed by atoms with van der Waals surface area (Å²) in [6, 6.07) is 15.8. The average molecular weight is 247 g/mol. The van der Waals surface area contributed by atoms with E-state index in [9.17, 15) is 9.46 Å². The van der Waals surface area contributed by atoms with Gasteiger partial charge >= 0.3 is 0 Å². The zero-order valence-corrected chi connectivity index (χ0v) is 10.2. The summed E-state index contributed by atoms with van der Waals surface area (Å²) in [4.78, 5) is 10.1. The van der Waals surface area contributed by atoms with Gasteiger partial charge in [0.2, 0.25) is 7.37 Å². The fourth-order valence-electron chi connectivity index (χ4n) is 1.66. The van der Waals surface area contributed by atoms with E-state index in [1.54, 1.807) is 36.4 Å². The summed E-state index contributed by atoms with van der Waals surface area (Å²) in [7, 11) is -3.37. The maximum atomic E-state index is 12.2. The highest BCUT2D eigenvalue weighted by molar-refractivity contribution is 7.65. The van der Waals surface area contributed by atoms with Gasteiger partial charge in [-0.15, -0.1) is 0 Å². The molecule has 0 aromatic heterocycles. The molecule has 0 aliphatic heterocycles. The molecular formula is C13H14NO2P. The summed E-state index contributed by atoms with van der Waals surface area (Å²) in [5, 5.41) is 0.461. The van der Waals surface area contributed by atoms with E-state index >= 15 is 0 Å². The average Bonchev–Trinajstić information content (AvgIpc) is 2.33. The zero-order chi connectivity index (χ0) is 12.3. The van der Waals surface area contributed by atoms with Crippen LogP contribution >= 0.6 is 7.37 Å². The summed E-state index contributed by atoms with van der Waals surface area (Å²) >= 11 is 0. The van der Waals surface area contributed by atoms with E-state index in [0.29, 0.717) is 16.6 Å². The van der Waals surface area contributed by atoms with Crippen LogP contribution in [-0.2, 0) is 10.7 Å². The largest absolute Gasteiger partial charge is 0.398 e. The second-order valence-corrected chi connectivity index (χ2v) is 6.13. The summed E-state index contributed by atoms with van der Waals surface area (Å²) in [5.41, 5.74) is 7.04. The molecule has 0 fully saturated rings. The summed E-state index contributed by atoms with van der Waals surface area (Å²) in [6.07, 6.45) is 0.0731. The lowest BCUT2D eigenvalue weighted by atomic mass is 10.2. The molecule has 2 aromatic rings. The van der Waals surface area contributed by atoms with Crippen molar-refractivity contribution in [2.75, 3.05) is 5.73 Å². The van der Waals surface area contributed by atoms with Gasteiger partial charge in [-0.05, 0) is 23.8 Å². The van der Waals surface area contributed by atoms with Gasteiger partial charge in [0.05, 0.1) is 6.16 Å². The lowest BCUT2D eigenvalue weighted by Crippen LogP contribution is -2.06. The van der Waals surface area contributed by atoms with Crippen molar-refractivity contribution in [3.05, 3.63) is 60.2 Å². The predicted molar refractivity (Wildman–Crippen MR) is 70.5 cm³/mol. The molecule has 0 saturated heterocycles. The summed E-state index contributed by atoms with van der Waals surface area (Å²) < 4.78 is 12.2. The smallest absolute Gasteiger partial charge is 0.233 e. The van der Waals surface area contributed by atoms with Crippen LogP contribution in [0, 0.1) is 0 Å². The van der Waals surface area contributed by atoms with Crippen molar-refractivity contribution < 1.29 is 9.46 Å². The van der Waals surface area contributed by atoms with E-state index in [4.69, 9.17) is 5.73 Å². The molecule has 0 bridgehead atoms. The molecule has 0 aliphatic rings. The van der Waals surface area contributed by atoms with Gasteiger partial charge in [-0.1, -0.05) is 36.4 Å². The molecule has 0 heterocycles. The molecule has 4 heteroatoms. The molecule has 88 valence electrons. The molecule has 3 nitrogen and oxygen atoms in total. The van der Waals surface area contributed by atoms with Crippen molar-refractivity contribution in [2.45, 2.75) is 6.16 Å². The second-order valence-electron chi connectivity index (χ2n) is 3.89. The Kier molecular flexibility index (Phi) is 3.32. The van der Waals surface area contributed by atoms with Gasteiger partial charge in [0, 0.05) is 11.0 Å². The highest BCUT2D eigenvalue weighted by atomic mass is 31.2. The second kappa shape index (κ2) is 4.74. The van der Waals surface area contributed by atoms with Crippen molar-refractivity contribution in [3.63, 3.8) is 0 Å². The molecule has 2 rings (SSSR count). The topological polar surface area (TPSA) is 63.3 Å². The molecular weight excluding hydrogens is 233 g/mol. The molecule has 0 spiro atoms. The first-order valence-corrected chi connectivity index (χ1v) is 7.15. The minimum Gasteiger partial charge on any atom is -0.398 e. The molecule has 1 unspecified atom stereocenters. The monoisotopic (exact) mass is 247 g/mol. The molecule has 1 atom stereocenters. The first-order valence-electron chi connectivity index (χ1n) is 5.30. The van der Waals surface area contributed by atoms with Crippen molar-refractivity contribution in [1.82, 2.24) is 0 Å². The Balaban J connectivity index is 2.30. The number of rotatable bonds is 3. The van der Waals surface area contributed by atoms with Crippen LogP contribution in [0.2, 0.25) is 0 Å². The van der Waals surface area contributed by atoms with Crippen LogP contribution in [-0.4, -0.2) is 4.89 Å². The number of benzene rings is 2. The van der Waals surface area contributed by atoms with E-state index in [1.807, 2.05) is 18.2 Å². The van der Waals surface area contributed by atoms with Crippen LogP contribution in [0.3, 0.4) is 0 Å². The molecule has 17 heavy (non-hydrogen) atoms. The van der Waals surface area contributed by atoms with Crippen LogP contribution in [0.4, 0.5) is 5.69 Å². The van der Waals surface area contributed by atoms with Gasteiger partial charge < -0.3 is 10.6 Å². The zero-order valence-electron chi connectivity index (χ0n) is 9.28. The summed E-state index contributed by atoms with van der Waals surface area (Å²) in [5.74, 6) is 0. The first-order chi connectivity index (χ1) is 8.09. The van der Waals surface area contributed by atoms with E-state index in [1.165, 1.54) is 0 Å². The predicted octanol–water partition coefficient (Wildman–Crippen LogP) is 2.36. The normalized spacial score (nSPS) is 14.2. The molecule has 2 aromatic carbocycles. The highest BCUT2D eigenvalue weighted by Gasteiger charge is 2.22. The van der Waals surface area contributed by atoms with Crippen LogP contribution < -0.4 is 11.0 Å². The Morgan fingerprint density at radius 1 is 1.00 bits per heavy atom. The van der Waals surface area contributed by atoms with Crippen LogP contribution in [0.15, 0.2) is 54.6 Å². The van der Waals surface area contributed by atoms with Crippen LogP contribution in [0.5, 0.6) is 0 Å². The third kappa shape index (κ3) is 2.76.